The molecule has 0 aliphatic carbocycles. The predicted molar refractivity (Wildman–Crippen MR) is 151 cm³/mol. The minimum atomic E-state index is -1.50. The zero-order valence-electron chi connectivity index (χ0n) is 24.1. The predicted octanol–water partition coefficient (Wildman–Crippen LogP) is 5.00. The third kappa shape index (κ3) is 6.65. The lowest BCUT2D eigenvalue weighted by atomic mass is 9.96. The van der Waals surface area contributed by atoms with Gasteiger partial charge in [-0.25, -0.2) is 9.59 Å². The molecule has 0 bridgehead atoms. The van der Waals surface area contributed by atoms with Gasteiger partial charge in [0, 0.05) is 6.54 Å². The van der Waals surface area contributed by atoms with E-state index in [9.17, 15) is 29.7 Å². The number of nitrogens with one attached hydrogen (secondary N) is 1. The molecule has 1 aliphatic heterocycles. The number of aromatic carboxylic acids is 1. The van der Waals surface area contributed by atoms with E-state index in [4.69, 9.17) is 4.74 Å². The second kappa shape index (κ2) is 11.7. The number of hydrogen-bond donors (Lipinski definition) is 4. The number of aliphatic carboxylic acids is 1. The number of carbonyl (C=O) groups is 3. The second-order valence-corrected chi connectivity index (χ2v) is 11.8. The van der Waals surface area contributed by atoms with Crippen molar-refractivity contribution in [3.05, 3.63) is 71.1 Å². The van der Waals surface area contributed by atoms with E-state index in [0.717, 1.165) is 12.0 Å². The molecule has 0 aromatic heterocycles. The van der Waals surface area contributed by atoms with Gasteiger partial charge in [-0.2, -0.15) is 0 Å². The Balaban J connectivity index is 2.06. The fourth-order valence-electron chi connectivity index (χ4n) is 4.75. The van der Waals surface area contributed by atoms with Crippen molar-refractivity contribution in [3.63, 3.8) is 0 Å². The minimum Gasteiger partial charge on any atom is -0.478 e. The Morgan fingerprint density at radius 3 is 2.10 bits per heavy atom. The summed E-state index contributed by atoms with van der Waals surface area (Å²) in [5.74, 6) is -2.65. The van der Waals surface area contributed by atoms with Crippen LogP contribution in [-0.2, 0) is 20.9 Å². The molecule has 9 nitrogen and oxygen atoms in total. The van der Waals surface area contributed by atoms with Gasteiger partial charge in [-0.05, 0) is 70.2 Å². The Kier molecular flexibility index (Phi) is 8.99. The van der Waals surface area contributed by atoms with Crippen LogP contribution in [0.15, 0.2) is 59.9 Å². The van der Waals surface area contributed by atoms with Crippen molar-refractivity contribution in [1.82, 2.24) is 10.2 Å². The molecule has 0 saturated carbocycles. The average Bonchev–Trinajstić information content (AvgIpc) is 3.20. The molecule has 0 radical (unpaired) electrons. The summed E-state index contributed by atoms with van der Waals surface area (Å²) in [5.41, 5.74) is -1.06. The van der Waals surface area contributed by atoms with Gasteiger partial charge in [-0.1, -0.05) is 55.8 Å². The number of ether oxygens (including phenoxy) is 1. The fraction of sp³-hybridized carbons (Fsp3) is 0.452. The molecule has 1 atom stereocenters. The topological polar surface area (TPSA) is 136 Å². The number of aliphatic hydroxyl groups is 1. The van der Waals surface area contributed by atoms with E-state index in [-0.39, 0.29) is 30.1 Å². The van der Waals surface area contributed by atoms with E-state index in [1.165, 1.54) is 13.8 Å². The second-order valence-electron chi connectivity index (χ2n) is 11.8. The zero-order valence-corrected chi connectivity index (χ0v) is 24.1. The fourth-order valence-corrected chi connectivity index (χ4v) is 4.75. The molecule has 1 heterocycles. The number of carboxylic acids is 2. The van der Waals surface area contributed by atoms with Gasteiger partial charge in [-0.15, -0.1) is 0 Å². The van der Waals surface area contributed by atoms with Gasteiger partial charge >= 0.3 is 17.9 Å². The lowest BCUT2D eigenvalue weighted by molar-refractivity contribution is -0.158. The van der Waals surface area contributed by atoms with Crippen LogP contribution in [0.4, 0.5) is 0 Å². The van der Waals surface area contributed by atoms with Gasteiger partial charge in [0.2, 0.25) is 0 Å². The Morgan fingerprint density at radius 1 is 0.950 bits per heavy atom. The molecule has 216 valence electrons. The highest BCUT2D eigenvalue weighted by atomic mass is 16.5. The SMILES string of the molecule is CCCCC1(COC(=O)C(C)(C)C)NC(C(C)(C)O)=C(C(=O)O)N1Cc1ccc(-c2ccccc2C(=O)O)cc1. The molecule has 0 amide bonds. The monoisotopic (exact) mass is 552 g/mol. The van der Waals surface area contributed by atoms with Crippen LogP contribution in [0.25, 0.3) is 11.1 Å². The number of carboxylic acid groups (broad SMARTS) is 2. The summed E-state index contributed by atoms with van der Waals surface area (Å²) in [5, 5.41) is 34.1. The number of unbranched alkanes of at least 4 members (excludes halogenated alkanes) is 1. The Labute approximate surface area is 235 Å². The number of hydrogen-bond acceptors (Lipinski definition) is 7. The van der Waals surface area contributed by atoms with E-state index in [2.05, 4.69) is 5.32 Å². The van der Waals surface area contributed by atoms with Crippen molar-refractivity contribution in [1.29, 1.82) is 0 Å². The first-order valence-corrected chi connectivity index (χ1v) is 13.5. The average molecular weight is 553 g/mol. The van der Waals surface area contributed by atoms with Gasteiger partial charge in [0.05, 0.1) is 16.7 Å². The summed E-state index contributed by atoms with van der Waals surface area (Å²) < 4.78 is 5.76. The maximum Gasteiger partial charge on any atom is 0.354 e. The molecule has 2 aromatic rings. The maximum absolute atomic E-state index is 12.8. The lowest BCUT2D eigenvalue weighted by Gasteiger charge is -2.41. The molecule has 9 heteroatoms. The summed E-state index contributed by atoms with van der Waals surface area (Å²) in [6.07, 6.45) is 2.00. The van der Waals surface area contributed by atoms with Crippen LogP contribution in [-0.4, -0.2) is 56.0 Å². The highest BCUT2D eigenvalue weighted by molar-refractivity contribution is 5.96. The molecule has 1 aliphatic rings. The van der Waals surface area contributed by atoms with Crippen LogP contribution >= 0.6 is 0 Å². The van der Waals surface area contributed by atoms with E-state index in [1.807, 2.05) is 19.1 Å². The minimum absolute atomic E-state index is 0.0873. The summed E-state index contributed by atoms with van der Waals surface area (Å²) in [4.78, 5) is 38.8. The van der Waals surface area contributed by atoms with Gasteiger partial charge in [0.15, 0.2) is 0 Å². The number of esters is 1. The van der Waals surface area contributed by atoms with E-state index < -0.39 is 34.6 Å². The third-order valence-corrected chi connectivity index (χ3v) is 6.96. The molecule has 0 fully saturated rings. The van der Waals surface area contributed by atoms with E-state index >= 15 is 0 Å². The van der Waals surface area contributed by atoms with Crippen LogP contribution in [0.5, 0.6) is 0 Å². The van der Waals surface area contributed by atoms with Crippen molar-refractivity contribution >= 4 is 17.9 Å². The summed E-state index contributed by atoms with van der Waals surface area (Å²) in [6, 6.07) is 14.0. The molecule has 0 saturated heterocycles. The highest BCUT2D eigenvalue weighted by Gasteiger charge is 2.51. The van der Waals surface area contributed by atoms with Gasteiger partial charge in [0.1, 0.15) is 23.6 Å². The van der Waals surface area contributed by atoms with Crippen LogP contribution in [0.1, 0.15) is 76.7 Å². The van der Waals surface area contributed by atoms with E-state index in [0.29, 0.717) is 24.0 Å². The lowest BCUT2D eigenvalue weighted by Crippen LogP contribution is -2.57. The Hall–Kier alpha value is -3.85. The normalized spacial score (nSPS) is 17.5. The van der Waals surface area contributed by atoms with Crippen molar-refractivity contribution in [2.24, 2.45) is 5.41 Å². The van der Waals surface area contributed by atoms with Crippen molar-refractivity contribution in [2.45, 2.75) is 78.6 Å². The van der Waals surface area contributed by atoms with Gasteiger partial charge in [0.25, 0.3) is 0 Å². The molecule has 0 spiro atoms. The van der Waals surface area contributed by atoms with Crippen LogP contribution in [0.2, 0.25) is 0 Å². The van der Waals surface area contributed by atoms with E-state index in [1.54, 1.807) is 62.1 Å². The van der Waals surface area contributed by atoms with Crippen LogP contribution in [0, 0.1) is 5.41 Å². The first-order chi connectivity index (χ1) is 18.6. The Morgan fingerprint density at radius 2 is 1.57 bits per heavy atom. The Bertz CT molecular complexity index is 1290. The number of benzene rings is 2. The summed E-state index contributed by atoms with van der Waals surface area (Å²) >= 11 is 0. The molecule has 4 N–H and O–H groups in total. The molecule has 1 unspecified atom stereocenters. The first kappa shape index (κ1) is 30.7. The molecule has 40 heavy (non-hydrogen) atoms. The number of rotatable bonds is 11. The zero-order chi connectivity index (χ0) is 29.9. The largest absolute Gasteiger partial charge is 0.478 e. The van der Waals surface area contributed by atoms with Crippen LogP contribution in [0.3, 0.4) is 0 Å². The number of carbonyl (C=O) groups excluding carboxylic acids is 1. The third-order valence-electron chi connectivity index (χ3n) is 6.96. The number of nitrogens with zero attached hydrogens (tertiary/aromatic N) is 1. The van der Waals surface area contributed by atoms with Crippen molar-refractivity contribution < 1.29 is 34.4 Å². The first-order valence-electron chi connectivity index (χ1n) is 13.5. The summed E-state index contributed by atoms with van der Waals surface area (Å²) in [7, 11) is 0. The molecule has 2 aromatic carbocycles. The van der Waals surface area contributed by atoms with Crippen LogP contribution < -0.4 is 5.32 Å². The van der Waals surface area contributed by atoms with Crippen molar-refractivity contribution in [3.8, 4) is 11.1 Å². The van der Waals surface area contributed by atoms with Gasteiger partial charge < -0.3 is 30.3 Å². The standard InChI is InChI=1S/C31H40N2O7/c1-7-8-17-31(19-40-28(38)29(2,3)4)32-25(30(5,6)39)24(27(36)37)33(31)18-20-13-15-21(16-14-20)22-11-9-10-12-23(22)26(34)35/h9-16,32,39H,7-8,17-19H2,1-6H3,(H,34,35)(H,36,37). The van der Waals surface area contributed by atoms with Crippen molar-refractivity contribution in [2.75, 3.05) is 6.61 Å². The molecule has 3 rings (SSSR count). The highest BCUT2D eigenvalue weighted by Crippen LogP contribution is 2.39. The molecular formula is C31H40N2O7. The summed E-state index contributed by atoms with van der Waals surface area (Å²) in [6.45, 7) is 10.3. The smallest absolute Gasteiger partial charge is 0.354 e. The maximum atomic E-state index is 12.8. The molecular weight excluding hydrogens is 512 g/mol. The van der Waals surface area contributed by atoms with Gasteiger partial charge in [-0.3, -0.25) is 4.79 Å². The quantitative estimate of drug-likeness (QED) is 0.284.